The molecule has 2 heterocycles. The number of rotatable bonds is 8. The fourth-order valence-corrected chi connectivity index (χ4v) is 4.26. The lowest BCUT2D eigenvalue weighted by molar-refractivity contribution is -0.132. The van der Waals surface area contributed by atoms with Crippen molar-refractivity contribution in [3.63, 3.8) is 0 Å². The number of hydrogen-bond acceptors (Lipinski definition) is 6. The Morgan fingerprint density at radius 3 is 2.28 bits per heavy atom. The van der Waals surface area contributed by atoms with Gasteiger partial charge in [0.2, 0.25) is 5.91 Å². The van der Waals surface area contributed by atoms with Gasteiger partial charge in [0.1, 0.15) is 6.54 Å². The Bertz CT molecular complexity index is 1170. The van der Waals surface area contributed by atoms with Crippen molar-refractivity contribution < 1.29 is 14.3 Å². The van der Waals surface area contributed by atoms with E-state index in [1.54, 1.807) is 18.1 Å². The zero-order chi connectivity index (χ0) is 25.5. The molecule has 3 aromatic rings. The smallest absolute Gasteiger partial charge is 0.254 e. The summed E-state index contributed by atoms with van der Waals surface area (Å²) in [6.07, 6.45) is 0. The highest BCUT2D eigenvalue weighted by Gasteiger charge is 2.26. The van der Waals surface area contributed by atoms with Gasteiger partial charge in [0, 0.05) is 51.0 Å². The maximum Gasteiger partial charge on any atom is 0.254 e. The Kier molecular flexibility index (Phi) is 8.28. The topological polar surface area (TPSA) is 78.9 Å². The van der Waals surface area contributed by atoms with Gasteiger partial charge in [-0.2, -0.15) is 0 Å². The Morgan fingerprint density at radius 1 is 0.917 bits per heavy atom. The van der Waals surface area contributed by atoms with Gasteiger partial charge in [0.05, 0.1) is 12.3 Å². The second-order valence-corrected chi connectivity index (χ2v) is 9.05. The van der Waals surface area contributed by atoms with E-state index in [2.05, 4.69) is 34.2 Å². The summed E-state index contributed by atoms with van der Waals surface area (Å²) in [5.41, 5.74) is 4.58. The molecule has 1 aliphatic rings. The molecule has 0 N–H and O–H groups in total. The van der Waals surface area contributed by atoms with Gasteiger partial charge < -0.3 is 19.4 Å². The highest BCUT2D eigenvalue weighted by Crippen LogP contribution is 2.20. The minimum absolute atomic E-state index is 0.0293. The average molecular weight is 488 g/mol. The summed E-state index contributed by atoms with van der Waals surface area (Å²) in [6.45, 7) is 7.17. The SMILES string of the molecule is COCCN(CC(=O)N1CCN(c2ccc(-c3ccc(C)cc3)nn2)CC1)C(=O)c1ccccc1C. The number of aromatic nitrogens is 2. The summed E-state index contributed by atoms with van der Waals surface area (Å²) in [7, 11) is 1.59. The van der Waals surface area contributed by atoms with Crippen LogP contribution in [0, 0.1) is 13.8 Å². The van der Waals surface area contributed by atoms with Crippen LogP contribution in [0.5, 0.6) is 0 Å². The first-order valence-electron chi connectivity index (χ1n) is 12.2. The number of ether oxygens (including phenoxy) is 1. The van der Waals surface area contributed by atoms with Gasteiger partial charge in [-0.25, -0.2) is 0 Å². The quantitative estimate of drug-likeness (QED) is 0.486. The second-order valence-electron chi connectivity index (χ2n) is 9.05. The number of anilines is 1. The van der Waals surface area contributed by atoms with Crippen molar-refractivity contribution in [2.45, 2.75) is 13.8 Å². The molecule has 8 nitrogen and oxygen atoms in total. The van der Waals surface area contributed by atoms with Gasteiger partial charge in [-0.05, 0) is 37.6 Å². The Morgan fingerprint density at radius 2 is 1.64 bits per heavy atom. The number of amides is 2. The number of benzene rings is 2. The maximum absolute atomic E-state index is 13.1. The average Bonchev–Trinajstić information content (AvgIpc) is 2.91. The molecular weight excluding hydrogens is 454 g/mol. The van der Waals surface area contributed by atoms with E-state index >= 15 is 0 Å². The lowest BCUT2D eigenvalue weighted by atomic mass is 10.1. The molecule has 0 spiro atoms. The van der Waals surface area contributed by atoms with Crippen molar-refractivity contribution in [1.29, 1.82) is 0 Å². The van der Waals surface area contributed by atoms with E-state index in [1.165, 1.54) is 5.56 Å². The molecule has 0 saturated carbocycles. The predicted octanol–water partition coefficient (Wildman–Crippen LogP) is 3.20. The Hall–Kier alpha value is -3.78. The van der Waals surface area contributed by atoms with Crippen LogP contribution in [0.2, 0.25) is 0 Å². The van der Waals surface area contributed by atoms with Crippen LogP contribution in [-0.2, 0) is 9.53 Å². The van der Waals surface area contributed by atoms with Crippen LogP contribution in [-0.4, -0.2) is 84.8 Å². The lowest BCUT2D eigenvalue weighted by Crippen LogP contribution is -2.52. The van der Waals surface area contributed by atoms with Crippen LogP contribution in [0.1, 0.15) is 21.5 Å². The van der Waals surface area contributed by atoms with Crippen molar-refractivity contribution in [3.05, 3.63) is 77.4 Å². The molecule has 0 bridgehead atoms. The molecule has 0 aliphatic carbocycles. The summed E-state index contributed by atoms with van der Waals surface area (Å²) in [6, 6.07) is 19.6. The summed E-state index contributed by atoms with van der Waals surface area (Å²) < 4.78 is 5.18. The number of hydrogen-bond donors (Lipinski definition) is 0. The number of piperazine rings is 1. The zero-order valence-electron chi connectivity index (χ0n) is 21.2. The number of methoxy groups -OCH3 is 1. The fourth-order valence-electron chi connectivity index (χ4n) is 4.26. The molecular formula is C28H33N5O3. The van der Waals surface area contributed by atoms with Crippen molar-refractivity contribution in [1.82, 2.24) is 20.0 Å². The largest absolute Gasteiger partial charge is 0.383 e. The summed E-state index contributed by atoms with van der Waals surface area (Å²) in [4.78, 5) is 31.8. The second kappa shape index (κ2) is 11.8. The molecule has 36 heavy (non-hydrogen) atoms. The van der Waals surface area contributed by atoms with Crippen molar-refractivity contribution in [2.75, 3.05) is 57.9 Å². The number of carbonyl (C=O) groups excluding carboxylic acids is 2. The van der Waals surface area contributed by atoms with Crippen LogP contribution >= 0.6 is 0 Å². The van der Waals surface area contributed by atoms with Gasteiger partial charge >= 0.3 is 0 Å². The van der Waals surface area contributed by atoms with Crippen LogP contribution in [0.3, 0.4) is 0 Å². The summed E-state index contributed by atoms with van der Waals surface area (Å²) in [5.74, 6) is 0.587. The van der Waals surface area contributed by atoms with Gasteiger partial charge in [-0.3, -0.25) is 9.59 Å². The van der Waals surface area contributed by atoms with E-state index in [9.17, 15) is 9.59 Å². The van der Waals surface area contributed by atoms with E-state index in [0.717, 1.165) is 22.6 Å². The molecule has 0 radical (unpaired) electrons. The van der Waals surface area contributed by atoms with E-state index in [-0.39, 0.29) is 18.4 Å². The highest BCUT2D eigenvalue weighted by atomic mass is 16.5. The fraction of sp³-hybridized carbons (Fsp3) is 0.357. The minimum atomic E-state index is -0.152. The molecule has 1 aliphatic heterocycles. The first-order chi connectivity index (χ1) is 17.5. The molecule has 0 atom stereocenters. The van der Waals surface area contributed by atoms with Crippen LogP contribution in [0.25, 0.3) is 11.3 Å². The molecule has 4 rings (SSSR count). The molecule has 0 unspecified atom stereocenters. The van der Waals surface area contributed by atoms with E-state index in [4.69, 9.17) is 4.74 Å². The van der Waals surface area contributed by atoms with Gasteiger partial charge in [-0.1, -0.05) is 48.0 Å². The van der Waals surface area contributed by atoms with Crippen molar-refractivity contribution in [2.24, 2.45) is 0 Å². The van der Waals surface area contributed by atoms with Crippen molar-refractivity contribution >= 4 is 17.6 Å². The van der Waals surface area contributed by atoms with E-state index in [1.807, 2.05) is 54.3 Å². The Labute approximate surface area is 212 Å². The third-order valence-corrected chi connectivity index (χ3v) is 6.51. The zero-order valence-corrected chi connectivity index (χ0v) is 21.2. The normalized spacial score (nSPS) is 13.5. The predicted molar refractivity (Wildman–Crippen MR) is 140 cm³/mol. The first-order valence-corrected chi connectivity index (χ1v) is 12.2. The standard InChI is InChI=1S/C28H33N5O3/c1-21-8-10-23(11-9-21)25-12-13-26(30-29-25)31-14-16-32(17-15-31)27(34)20-33(18-19-36-3)28(35)24-7-5-4-6-22(24)2/h4-13H,14-20H2,1-3H3. The summed E-state index contributed by atoms with van der Waals surface area (Å²) >= 11 is 0. The Balaban J connectivity index is 1.35. The van der Waals surface area contributed by atoms with Crippen molar-refractivity contribution in [3.8, 4) is 11.3 Å². The van der Waals surface area contributed by atoms with E-state index < -0.39 is 0 Å². The summed E-state index contributed by atoms with van der Waals surface area (Å²) in [5, 5.41) is 8.83. The van der Waals surface area contributed by atoms with E-state index in [0.29, 0.717) is 44.9 Å². The third-order valence-electron chi connectivity index (χ3n) is 6.51. The first kappa shape index (κ1) is 25.3. The number of nitrogens with zero attached hydrogens (tertiary/aromatic N) is 5. The number of carbonyl (C=O) groups is 2. The number of aryl methyl sites for hydroxylation is 2. The van der Waals surface area contributed by atoms with Gasteiger partial charge in [-0.15, -0.1) is 10.2 Å². The van der Waals surface area contributed by atoms with Crippen LogP contribution in [0.15, 0.2) is 60.7 Å². The molecule has 188 valence electrons. The third kappa shape index (κ3) is 6.07. The van der Waals surface area contributed by atoms with Crippen LogP contribution < -0.4 is 4.90 Å². The molecule has 2 aromatic carbocycles. The molecule has 2 amide bonds. The van der Waals surface area contributed by atoms with Crippen LogP contribution in [0.4, 0.5) is 5.82 Å². The van der Waals surface area contributed by atoms with Gasteiger partial charge in [0.25, 0.3) is 5.91 Å². The molecule has 1 fully saturated rings. The lowest BCUT2D eigenvalue weighted by Gasteiger charge is -2.36. The van der Waals surface area contributed by atoms with Gasteiger partial charge in [0.15, 0.2) is 5.82 Å². The minimum Gasteiger partial charge on any atom is -0.383 e. The molecule has 1 saturated heterocycles. The molecule has 1 aromatic heterocycles. The monoisotopic (exact) mass is 487 g/mol. The highest BCUT2D eigenvalue weighted by molar-refractivity contribution is 5.97. The molecule has 8 heteroatoms. The maximum atomic E-state index is 13.1.